The highest BCUT2D eigenvalue weighted by Gasteiger charge is 2.23. The van der Waals surface area contributed by atoms with Crippen LogP contribution in [0.15, 0.2) is 0 Å². The lowest BCUT2D eigenvalue weighted by molar-refractivity contribution is -0.151. The van der Waals surface area contributed by atoms with E-state index in [1.807, 2.05) is 0 Å². The van der Waals surface area contributed by atoms with Crippen LogP contribution in [0.25, 0.3) is 0 Å². The van der Waals surface area contributed by atoms with E-state index in [4.69, 9.17) is 9.47 Å². The van der Waals surface area contributed by atoms with Crippen molar-refractivity contribution < 1.29 is 24.2 Å². The molecule has 6 heteroatoms. The van der Waals surface area contributed by atoms with Crippen molar-refractivity contribution in [1.29, 1.82) is 0 Å². The fourth-order valence-corrected chi connectivity index (χ4v) is 2.25. The number of amides is 1. The number of ether oxygens (including phenoxy) is 2. The van der Waals surface area contributed by atoms with Crippen LogP contribution >= 0.6 is 0 Å². The van der Waals surface area contributed by atoms with Gasteiger partial charge in [0, 0.05) is 0 Å². The Kier molecular flexibility index (Phi) is 6.95. The fraction of sp³-hybridized carbons (Fsp3) is 0.867. The molecule has 0 heterocycles. The number of alkyl carbamates (subject to hydrolysis) is 1. The molecule has 122 valence electrons. The fourth-order valence-electron chi connectivity index (χ4n) is 2.25. The van der Waals surface area contributed by atoms with E-state index in [0.717, 1.165) is 25.7 Å². The first kappa shape index (κ1) is 17.8. The van der Waals surface area contributed by atoms with Crippen molar-refractivity contribution in [3.63, 3.8) is 0 Å². The van der Waals surface area contributed by atoms with Gasteiger partial charge in [0.25, 0.3) is 0 Å². The molecule has 0 aromatic heterocycles. The average molecular weight is 301 g/mol. The van der Waals surface area contributed by atoms with Gasteiger partial charge in [-0.05, 0) is 46.5 Å². The molecule has 2 N–H and O–H groups in total. The third-order valence-electron chi connectivity index (χ3n) is 3.20. The highest BCUT2D eigenvalue weighted by molar-refractivity contribution is 5.73. The number of rotatable bonds is 5. The van der Waals surface area contributed by atoms with E-state index >= 15 is 0 Å². The van der Waals surface area contributed by atoms with Crippen LogP contribution < -0.4 is 5.32 Å². The van der Waals surface area contributed by atoms with E-state index in [9.17, 15) is 14.7 Å². The molecule has 1 aliphatic carbocycles. The van der Waals surface area contributed by atoms with Crippen LogP contribution in [-0.4, -0.2) is 41.5 Å². The van der Waals surface area contributed by atoms with E-state index < -0.39 is 23.7 Å². The van der Waals surface area contributed by atoms with Crippen LogP contribution in [0.3, 0.4) is 0 Å². The molecule has 0 radical (unpaired) electrons. The Hall–Kier alpha value is -1.30. The minimum absolute atomic E-state index is 0.0212. The molecule has 1 saturated carbocycles. The van der Waals surface area contributed by atoms with Gasteiger partial charge in [0.2, 0.25) is 0 Å². The Labute approximate surface area is 126 Å². The van der Waals surface area contributed by atoms with Crippen molar-refractivity contribution in [2.24, 2.45) is 0 Å². The zero-order valence-electron chi connectivity index (χ0n) is 13.2. The molecule has 0 aliphatic heterocycles. The first-order chi connectivity index (χ1) is 9.80. The lowest BCUT2D eigenvalue weighted by atomic mass is 9.98. The summed E-state index contributed by atoms with van der Waals surface area (Å²) < 4.78 is 10.5. The summed E-state index contributed by atoms with van der Waals surface area (Å²) in [7, 11) is 0. The Morgan fingerprint density at radius 2 is 1.86 bits per heavy atom. The zero-order chi connectivity index (χ0) is 15.9. The molecule has 1 fully saturated rings. The van der Waals surface area contributed by atoms with Gasteiger partial charge in [0.1, 0.15) is 11.7 Å². The monoisotopic (exact) mass is 301 g/mol. The Balaban J connectivity index is 2.34. The number of aliphatic hydroxyl groups excluding tert-OH is 1. The van der Waals surface area contributed by atoms with Crippen molar-refractivity contribution in [3.05, 3.63) is 0 Å². The molecule has 1 unspecified atom stereocenters. The molecule has 21 heavy (non-hydrogen) atoms. The molecule has 0 aromatic carbocycles. The third-order valence-corrected chi connectivity index (χ3v) is 3.20. The molecule has 0 aromatic rings. The van der Waals surface area contributed by atoms with Crippen LogP contribution in [0, 0.1) is 0 Å². The number of nitrogens with one attached hydrogen (secondary N) is 1. The second-order valence-corrected chi connectivity index (χ2v) is 6.48. The van der Waals surface area contributed by atoms with Crippen LogP contribution in [-0.2, 0) is 14.3 Å². The number of aliphatic hydroxyl groups is 1. The van der Waals surface area contributed by atoms with Crippen LogP contribution in [0.1, 0.15) is 59.3 Å². The molecule has 1 aliphatic rings. The summed E-state index contributed by atoms with van der Waals surface area (Å²) in [5.74, 6) is -0.392. The van der Waals surface area contributed by atoms with E-state index in [1.165, 1.54) is 6.42 Å². The maximum Gasteiger partial charge on any atom is 0.407 e. The Morgan fingerprint density at radius 3 is 2.38 bits per heavy atom. The van der Waals surface area contributed by atoms with E-state index in [0.29, 0.717) is 0 Å². The predicted molar refractivity (Wildman–Crippen MR) is 77.8 cm³/mol. The summed E-state index contributed by atoms with van der Waals surface area (Å²) in [6.07, 6.45) is 4.43. The van der Waals surface area contributed by atoms with E-state index in [1.54, 1.807) is 20.8 Å². The van der Waals surface area contributed by atoms with Gasteiger partial charge in [-0.1, -0.05) is 6.42 Å². The van der Waals surface area contributed by atoms with Crippen LogP contribution in [0.4, 0.5) is 4.79 Å². The normalized spacial score (nSPS) is 17.9. The minimum Gasteiger partial charge on any atom is -0.462 e. The summed E-state index contributed by atoms with van der Waals surface area (Å²) in [6.45, 7) is 4.91. The second-order valence-electron chi connectivity index (χ2n) is 6.48. The summed E-state index contributed by atoms with van der Waals surface area (Å²) in [4.78, 5) is 23.4. The smallest absolute Gasteiger partial charge is 0.407 e. The Morgan fingerprint density at radius 1 is 1.24 bits per heavy atom. The van der Waals surface area contributed by atoms with Crippen molar-refractivity contribution in [1.82, 2.24) is 5.32 Å². The van der Waals surface area contributed by atoms with Gasteiger partial charge in [-0.2, -0.15) is 0 Å². The number of esters is 1. The third kappa shape index (κ3) is 7.90. The largest absolute Gasteiger partial charge is 0.462 e. The number of carbonyl (C=O) groups excluding carboxylic acids is 2. The van der Waals surface area contributed by atoms with Gasteiger partial charge in [-0.3, -0.25) is 4.79 Å². The van der Waals surface area contributed by atoms with Gasteiger partial charge >= 0.3 is 12.1 Å². The topological polar surface area (TPSA) is 84.9 Å². The molecule has 6 nitrogen and oxygen atoms in total. The first-order valence-electron chi connectivity index (χ1n) is 7.60. The summed E-state index contributed by atoms with van der Waals surface area (Å²) >= 11 is 0. The zero-order valence-corrected chi connectivity index (χ0v) is 13.2. The molecule has 0 saturated heterocycles. The van der Waals surface area contributed by atoms with Gasteiger partial charge in [-0.15, -0.1) is 0 Å². The van der Waals surface area contributed by atoms with E-state index in [-0.39, 0.29) is 19.1 Å². The van der Waals surface area contributed by atoms with Crippen molar-refractivity contribution in [2.75, 3.05) is 6.61 Å². The molecular formula is C15H27NO5. The summed E-state index contributed by atoms with van der Waals surface area (Å²) in [5.41, 5.74) is -0.618. The molecule has 0 bridgehead atoms. The second kappa shape index (κ2) is 8.22. The van der Waals surface area contributed by atoms with Gasteiger partial charge < -0.3 is 19.9 Å². The molecule has 1 atom stereocenters. The van der Waals surface area contributed by atoms with Gasteiger partial charge in [-0.25, -0.2) is 4.79 Å². The number of hydrogen-bond acceptors (Lipinski definition) is 5. The predicted octanol–water partition coefficient (Wildman–Crippen LogP) is 2.14. The van der Waals surface area contributed by atoms with Crippen LogP contribution in [0.5, 0.6) is 0 Å². The molecule has 0 spiro atoms. The number of hydrogen-bond donors (Lipinski definition) is 2. The molecule has 1 amide bonds. The van der Waals surface area contributed by atoms with E-state index in [2.05, 4.69) is 5.32 Å². The lowest BCUT2D eigenvalue weighted by Crippen LogP contribution is -2.42. The molecular weight excluding hydrogens is 274 g/mol. The lowest BCUT2D eigenvalue weighted by Gasteiger charge is -2.24. The highest BCUT2D eigenvalue weighted by atomic mass is 16.6. The maximum atomic E-state index is 11.8. The first-order valence-corrected chi connectivity index (χ1v) is 7.60. The maximum absolute atomic E-state index is 11.8. The SMILES string of the molecule is CC(C)(C)OC(=O)NC(CO)CC(=O)OC1CCCCC1. The number of carbonyl (C=O) groups is 2. The Bertz CT molecular complexity index is 344. The van der Waals surface area contributed by atoms with Crippen LogP contribution in [0.2, 0.25) is 0 Å². The van der Waals surface area contributed by atoms with Gasteiger partial charge in [0.05, 0.1) is 19.1 Å². The molecule has 1 rings (SSSR count). The van der Waals surface area contributed by atoms with Crippen molar-refractivity contribution in [2.45, 2.75) is 77.0 Å². The van der Waals surface area contributed by atoms with Crippen molar-refractivity contribution >= 4 is 12.1 Å². The van der Waals surface area contributed by atoms with Gasteiger partial charge in [0.15, 0.2) is 0 Å². The highest BCUT2D eigenvalue weighted by Crippen LogP contribution is 2.20. The average Bonchev–Trinajstić information content (AvgIpc) is 2.36. The summed E-state index contributed by atoms with van der Waals surface area (Å²) in [5, 5.41) is 11.7. The standard InChI is InChI=1S/C15H27NO5/c1-15(2,3)21-14(19)16-11(10-17)9-13(18)20-12-7-5-4-6-8-12/h11-12,17H,4-10H2,1-3H3,(H,16,19). The van der Waals surface area contributed by atoms with Crippen molar-refractivity contribution in [3.8, 4) is 0 Å². The minimum atomic E-state index is -0.684. The quantitative estimate of drug-likeness (QED) is 0.760. The summed E-state index contributed by atoms with van der Waals surface area (Å²) in [6, 6.07) is -0.684.